The molecule has 0 aliphatic carbocycles. The van der Waals surface area contributed by atoms with E-state index in [1.165, 1.54) is 11.0 Å². The number of benzene rings is 2. The van der Waals surface area contributed by atoms with Crippen LogP contribution < -0.4 is 9.47 Å². The summed E-state index contributed by atoms with van der Waals surface area (Å²) in [5, 5.41) is 0. The molecule has 3 aromatic rings. The molecule has 10 nitrogen and oxygen atoms in total. The Morgan fingerprint density at radius 3 is 2.33 bits per heavy atom. The van der Waals surface area contributed by atoms with Crippen LogP contribution in [0.15, 0.2) is 24.3 Å². The van der Waals surface area contributed by atoms with Gasteiger partial charge in [-0.25, -0.2) is 18.3 Å². The van der Waals surface area contributed by atoms with Gasteiger partial charge in [0.2, 0.25) is 0 Å². The number of carbonyl (C=O) groups is 1. The van der Waals surface area contributed by atoms with Crippen LogP contribution in [-0.4, -0.2) is 52.3 Å². The van der Waals surface area contributed by atoms with Crippen LogP contribution in [0.3, 0.4) is 0 Å². The first-order valence-electron chi connectivity index (χ1n) is 13.5. The number of hydrogen-bond acceptors (Lipinski definition) is 8. The second-order valence-electron chi connectivity index (χ2n) is 12.3. The summed E-state index contributed by atoms with van der Waals surface area (Å²) in [6.07, 6.45) is -0.548. The van der Waals surface area contributed by atoms with Gasteiger partial charge in [0, 0.05) is 38.2 Å². The Morgan fingerprint density at radius 1 is 1.10 bits per heavy atom. The lowest BCUT2D eigenvalue weighted by atomic mass is 10.0. The lowest BCUT2D eigenvalue weighted by molar-refractivity contribution is -0.00587. The Labute approximate surface area is 244 Å². The Hall–Kier alpha value is -3.05. The molecule has 1 atom stereocenters. The van der Waals surface area contributed by atoms with Crippen molar-refractivity contribution in [2.75, 3.05) is 20.7 Å². The van der Waals surface area contributed by atoms with E-state index in [2.05, 4.69) is 4.98 Å². The molecule has 0 saturated heterocycles. The number of fused-ring (bicyclic) bond motifs is 2. The van der Waals surface area contributed by atoms with Crippen molar-refractivity contribution in [1.29, 1.82) is 0 Å². The van der Waals surface area contributed by atoms with Crippen LogP contribution in [0.4, 0.5) is 8.78 Å². The minimum Gasteiger partial charge on any atom is -0.493 e. The highest BCUT2D eigenvalue weighted by molar-refractivity contribution is 7.48. The van der Waals surface area contributed by atoms with E-state index in [0.717, 1.165) is 12.1 Å². The zero-order valence-electron chi connectivity index (χ0n) is 25.4. The third kappa shape index (κ3) is 7.29. The number of aromatic nitrogens is 2. The topological polar surface area (TPSA) is 101 Å². The molecular weight excluding hydrogens is 571 g/mol. The maximum Gasteiger partial charge on any atom is 0.477 e. The smallest absolute Gasteiger partial charge is 0.477 e. The summed E-state index contributed by atoms with van der Waals surface area (Å²) in [5.74, 6) is -1.14. The zero-order valence-corrected chi connectivity index (χ0v) is 26.3. The van der Waals surface area contributed by atoms with Crippen LogP contribution >= 0.6 is 7.82 Å². The van der Waals surface area contributed by atoms with E-state index in [1.807, 2.05) is 0 Å². The van der Waals surface area contributed by atoms with Crippen molar-refractivity contribution < 1.29 is 41.2 Å². The normalized spacial score (nSPS) is 15.8. The number of aryl methyl sites for hydroxylation is 1. The number of phosphoric acid groups is 1. The van der Waals surface area contributed by atoms with Crippen LogP contribution in [0.25, 0.3) is 11.0 Å². The number of ether oxygens (including phenoxy) is 2. The standard InChI is InChI=1S/C29H38F2N3O7P/c1-17-32-26-21(34(17)16-38-42(36,40-28(2,3)4)41-29(5,6)7)12-18(27(35)33(8)9)13-24(26)39-22-10-11-37-23-15-19(30)14-20(31)25(22)23/h12-15,22H,10-11,16H2,1-9H3/t22-/m0/s1. The van der Waals surface area contributed by atoms with Gasteiger partial charge >= 0.3 is 7.82 Å². The van der Waals surface area contributed by atoms with Crippen LogP contribution in [0, 0.1) is 18.6 Å². The van der Waals surface area contributed by atoms with Crippen molar-refractivity contribution >= 4 is 24.8 Å². The second kappa shape index (κ2) is 11.6. The van der Waals surface area contributed by atoms with Crippen LogP contribution in [0.2, 0.25) is 0 Å². The fourth-order valence-corrected chi connectivity index (χ4v) is 6.24. The van der Waals surface area contributed by atoms with E-state index in [0.29, 0.717) is 16.9 Å². The molecule has 230 valence electrons. The summed E-state index contributed by atoms with van der Waals surface area (Å²) < 4.78 is 73.1. The molecule has 0 bridgehead atoms. The minimum atomic E-state index is -4.08. The van der Waals surface area contributed by atoms with E-state index >= 15 is 0 Å². The predicted molar refractivity (Wildman–Crippen MR) is 153 cm³/mol. The molecule has 1 amide bonds. The molecule has 0 spiro atoms. The SMILES string of the molecule is Cc1nc2c(O[C@H]3CCOc4cc(F)cc(F)c43)cc(C(=O)N(C)C)cc2n1COP(=O)(OC(C)(C)C)OC(C)(C)C. The molecule has 1 aromatic heterocycles. The fourth-order valence-electron chi connectivity index (χ4n) is 4.50. The molecule has 0 unspecified atom stereocenters. The molecule has 13 heteroatoms. The first-order chi connectivity index (χ1) is 19.4. The number of hydrogen-bond donors (Lipinski definition) is 0. The van der Waals surface area contributed by atoms with Gasteiger partial charge in [-0.2, -0.15) is 0 Å². The fraction of sp³-hybridized carbons (Fsp3) is 0.517. The predicted octanol–water partition coefficient (Wildman–Crippen LogP) is 6.94. The Kier molecular flexibility index (Phi) is 8.77. The summed E-state index contributed by atoms with van der Waals surface area (Å²) in [6.45, 7) is 12.0. The van der Waals surface area contributed by atoms with Crippen LogP contribution in [0.1, 0.15) is 75.8 Å². The lowest BCUT2D eigenvalue weighted by Crippen LogP contribution is -2.25. The summed E-state index contributed by atoms with van der Waals surface area (Å²) in [6, 6.07) is 5.06. The highest BCUT2D eigenvalue weighted by Crippen LogP contribution is 2.55. The Morgan fingerprint density at radius 2 is 1.74 bits per heavy atom. The van der Waals surface area contributed by atoms with E-state index in [9.17, 15) is 18.1 Å². The van der Waals surface area contributed by atoms with Gasteiger partial charge in [-0.15, -0.1) is 0 Å². The Bertz CT molecular complexity index is 1520. The molecule has 4 rings (SSSR count). The van der Waals surface area contributed by atoms with Gasteiger partial charge in [0.25, 0.3) is 5.91 Å². The van der Waals surface area contributed by atoms with Gasteiger partial charge < -0.3 is 18.9 Å². The van der Waals surface area contributed by atoms with Gasteiger partial charge in [-0.3, -0.25) is 18.4 Å². The lowest BCUT2D eigenvalue weighted by Gasteiger charge is -2.31. The first-order valence-corrected chi connectivity index (χ1v) is 15.0. The first kappa shape index (κ1) is 31.9. The molecule has 1 aliphatic rings. The maximum atomic E-state index is 14.9. The third-order valence-corrected chi connectivity index (χ3v) is 8.04. The summed E-state index contributed by atoms with van der Waals surface area (Å²) in [5.41, 5.74) is -0.505. The summed E-state index contributed by atoms with van der Waals surface area (Å²) in [4.78, 5) is 19.1. The number of amides is 1. The molecule has 42 heavy (non-hydrogen) atoms. The average molecular weight is 610 g/mol. The van der Waals surface area contributed by atoms with Crippen molar-refractivity contribution in [3.05, 3.63) is 52.9 Å². The minimum absolute atomic E-state index is 0.0593. The van der Waals surface area contributed by atoms with Crippen molar-refractivity contribution in [1.82, 2.24) is 14.5 Å². The molecule has 0 saturated carbocycles. The maximum absolute atomic E-state index is 14.9. The quantitative estimate of drug-likeness (QED) is 0.253. The van der Waals surface area contributed by atoms with E-state index < -0.39 is 36.8 Å². The summed E-state index contributed by atoms with van der Waals surface area (Å²) >= 11 is 0. The van der Waals surface area contributed by atoms with Gasteiger partial charge in [0.1, 0.15) is 47.3 Å². The average Bonchev–Trinajstić information content (AvgIpc) is 3.14. The molecule has 2 aromatic carbocycles. The molecule has 0 radical (unpaired) electrons. The number of halogens is 2. The second-order valence-corrected chi connectivity index (χ2v) is 13.8. The monoisotopic (exact) mass is 609 g/mol. The van der Waals surface area contributed by atoms with Crippen molar-refractivity contribution in [2.45, 2.75) is 78.9 Å². The zero-order chi connectivity index (χ0) is 31.2. The van der Waals surface area contributed by atoms with Gasteiger partial charge in [-0.05, 0) is 60.6 Å². The van der Waals surface area contributed by atoms with E-state index in [4.69, 9.17) is 23.0 Å². The molecular formula is C29H38F2N3O7P. The van der Waals surface area contributed by atoms with Gasteiger partial charge in [0.05, 0.1) is 28.9 Å². The van der Waals surface area contributed by atoms with E-state index in [1.54, 1.807) is 73.2 Å². The largest absolute Gasteiger partial charge is 0.493 e. The molecule has 2 heterocycles. The van der Waals surface area contributed by atoms with Crippen molar-refractivity contribution in [3.63, 3.8) is 0 Å². The van der Waals surface area contributed by atoms with Crippen molar-refractivity contribution in [3.8, 4) is 11.5 Å². The molecule has 1 aliphatic heterocycles. The van der Waals surface area contributed by atoms with Crippen LogP contribution in [-0.2, 0) is 24.9 Å². The number of rotatable bonds is 8. The number of phosphoric ester groups is 1. The number of nitrogens with zero attached hydrogens (tertiary/aromatic N) is 3. The highest BCUT2D eigenvalue weighted by atomic mass is 31.2. The van der Waals surface area contributed by atoms with Gasteiger partial charge in [0.15, 0.2) is 0 Å². The van der Waals surface area contributed by atoms with Gasteiger partial charge in [-0.1, -0.05) is 0 Å². The van der Waals surface area contributed by atoms with Crippen LogP contribution in [0.5, 0.6) is 11.5 Å². The molecule has 0 fully saturated rings. The number of imidazole rings is 1. The molecule has 0 N–H and O–H groups in total. The third-order valence-electron chi connectivity index (χ3n) is 6.06. The Balaban J connectivity index is 1.78. The number of carbonyl (C=O) groups excluding carboxylic acids is 1. The highest BCUT2D eigenvalue weighted by Gasteiger charge is 2.38. The van der Waals surface area contributed by atoms with Crippen molar-refractivity contribution in [2.24, 2.45) is 0 Å². The summed E-state index contributed by atoms with van der Waals surface area (Å²) in [7, 11) is -0.851. The van der Waals surface area contributed by atoms with E-state index in [-0.39, 0.29) is 48.3 Å².